The van der Waals surface area contributed by atoms with Crippen LogP contribution in [-0.4, -0.2) is 31.9 Å². The molecule has 8 heteroatoms. The Labute approximate surface area is 538 Å². The van der Waals surface area contributed by atoms with E-state index in [1.54, 1.807) is 0 Å². The van der Waals surface area contributed by atoms with Crippen LogP contribution in [0.5, 0.6) is 11.5 Å². The normalized spacial score (nSPS) is 19.1. The molecular formula is C85H60N4O4. The van der Waals surface area contributed by atoms with Gasteiger partial charge in [-0.05, 0) is 149 Å². The van der Waals surface area contributed by atoms with E-state index in [2.05, 4.69) is 218 Å². The third-order valence-corrected chi connectivity index (χ3v) is 21.0. The molecule has 18 rings (SSSR count). The van der Waals surface area contributed by atoms with Gasteiger partial charge in [0.15, 0.2) is 0 Å². The highest BCUT2D eigenvalue weighted by molar-refractivity contribution is 5.95. The molecule has 0 radical (unpaired) electrons. The predicted octanol–water partition coefficient (Wildman–Crippen LogP) is 19.0. The zero-order valence-corrected chi connectivity index (χ0v) is 50.9. The van der Waals surface area contributed by atoms with Gasteiger partial charge < -0.3 is 9.47 Å². The van der Waals surface area contributed by atoms with E-state index in [1.807, 2.05) is 60.7 Å². The first-order chi connectivity index (χ1) is 45.8. The van der Waals surface area contributed by atoms with Crippen LogP contribution in [0.25, 0.3) is 88.6 Å². The minimum atomic E-state index is -0.928. The fourth-order valence-corrected chi connectivity index (χ4v) is 17.3. The van der Waals surface area contributed by atoms with E-state index in [-0.39, 0.29) is 24.8 Å². The molecule has 10 aromatic carbocycles. The Morgan fingerprint density at radius 2 is 0.516 bits per heavy atom. The van der Waals surface area contributed by atoms with Gasteiger partial charge in [0, 0.05) is 78.3 Å². The van der Waals surface area contributed by atoms with E-state index >= 15 is 0 Å². The number of benzene rings is 10. The average molecular weight is 1200 g/mol. The lowest BCUT2D eigenvalue weighted by Gasteiger charge is -2.50. The van der Waals surface area contributed by atoms with Crippen molar-refractivity contribution in [3.63, 3.8) is 0 Å². The van der Waals surface area contributed by atoms with Gasteiger partial charge in [-0.25, -0.2) is 19.9 Å². The maximum Gasteiger partial charge on any atom is 0.311 e. The highest BCUT2D eigenvalue weighted by atomic mass is 16.5. The Morgan fingerprint density at radius 3 is 0.839 bits per heavy atom. The lowest BCUT2D eigenvalue weighted by atomic mass is 9.52. The van der Waals surface area contributed by atoms with Gasteiger partial charge in [-0.1, -0.05) is 206 Å². The van der Waals surface area contributed by atoms with E-state index in [9.17, 15) is 9.59 Å². The summed E-state index contributed by atoms with van der Waals surface area (Å²) in [5, 5.41) is 4.12. The zero-order chi connectivity index (χ0) is 61.9. The van der Waals surface area contributed by atoms with Crippen molar-refractivity contribution < 1.29 is 19.1 Å². The van der Waals surface area contributed by atoms with Gasteiger partial charge in [0.25, 0.3) is 0 Å². The smallest absolute Gasteiger partial charge is 0.311 e. The Hall–Kier alpha value is -11.2. The quantitative estimate of drug-likeness (QED) is 0.0783. The molecule has 0 amide bonds. The summed E-state index contributed by atoms with van der Waals surface area (Å²) in [5.74, 6) is 0.391. The fraction of sp³-hybridized carbons (Fsp3) is 0.129. The first-order valence-electron chi connectivity index (χ1n) is 32.3. The molecule has 0 aliphatic heterocycles. The van der Waals surface area contributed by atoms with Crippen LogP contribution in [0, 0.1) is 0 Å². The Balaban J connectivity index is 0.949. The summed E-state index contributed by atoms with van der Waals surface area (Å²) in [7, 11) is 0. The van der Waals surface area contributed by atoms with E-state index in [1.165, 1.54) is 0 Å². The Bertz CT molecular complexity index is 5080. The number of aromatic nitrogens is 4. The van der Waals surface area contributed by atoms with Crippen LogP contribution >= 0.6 is 0 Å². The van der Waals surface area contributed by atoms with Crippen molar-refractivity contribution in [2.75, 3.05) is 0 Å². The molecule has 4 aromatic heterocycles. The maximum atomic E-state index is 15.0. The van der Waals surface area contributed by atoms with Gasteiger partial charge in [-0.2, -0.15) is 0 Å². The standard InChI is InChI=1S/C85H60N4O4/c90-76(92-58-27-3-1-4-28-58)43-45-82(64-35-15-11-31-60(64)78-68(82)47-54-23-7-19-39-72(54)86-78)51-84(66-37-17-13-33-62(66)80-70(84)49-56-25-9-21-41-74(56)88-80)53-85(67-38-18-14-34-63(67)81-71(85)50-57-26-10-22-42-75(57)89-81)52-83(46-44-77(91)93-59-29-5-2-6-30-59)65-36-16-12-32-61(65)79-69(83)48-55-24-8-20-40-73(55)87-79/h1-42,47-50H,43-46,51-53H2. The maximum absolute atomic E-state index is 15.0. The monoisotopic (exact) mass is 1200 g/mol. The number of nitrogens with zero attached hydrogens (tertiary/aromatic N) is 4. The number of ether oxygens (including phenoxy) is 2. The zero-order valence-electron chi connectivity index (χ0n) is 50.9. The number of hydrogen-bond acceptors (Lipinski definition) is 8. The fourth-order valence-electron chi connectivity index (χ4n) is 17.3. The van der Waals surface area contributed by atoms with E-state index < -0.39 is 21.7 Å². The molecule has 8 nitrogen and oxygen atoms in total. The van der Waals surface area contributed by atoms with Crippen LogP contribution in [-0.2, 0) is 31.2 Å². The van der Waals surface area contributed by atoms with Crippen LogP contribution in [0.4, 0.5) is 0 Å². The lowest BCUT2D eigenvalue weighted by molar-refractivity contribution is -0.135. The molecule has 4 heterocycles. The highest BCUT2D eigenvalue weighted by Crippen LogP contribution is 2.69. The SMILES string of the molecule is O=C(CCC1(CC2(CC3(CC4(CCC(=O)Oc5ccccc5)c5ccccc5-c5nc6ccccc6cc54)c4ccccc4-c4nc5ccccc5cc43)c3ccccc3-c3nc4ccccc4cc32)c2ccccc2-c2nc3ccccc3cc21)Oc1ccccc1. The molecule has 0 fully saturated rings. The van der Waals surface area contributed by atoms with Crippen molar-refractivity contribution in [3.05, 3.63) is 324 Å². The lowest BCUT2D eigenvalue weighted by Crippen LogP contribution is -2.46. The van der Waals surface area contributed by atoms with Crippen molar-refractivity contribution in [3.8, 4) is 56.5 Å². The summed E-state index contributed by atoms with van der Waals surface area (Å²) in [4.78, 5) is 52.8. The van der Waals surface area contributed by atoms with E-state index in [4.69, 9.17) is 29.4 Å². The summed E-state index contributed by atoms with van der Waals surface area (Å²) >= 11 is 0. The molecule has 0 spiro atoms. The Kier molecular flexibility index (Phi) is 12.5. The molecule has 0 N–H and O–H groups in total. The molecule has 0 bridgehead atoms. The first kappa shape index (κ1) is 54.7. The van der Waals surface area contributed by atoms with Gasteiger partial charge in [-0.3, -0.25) is 9.59 Å². The second-order valence-corrected chi connectivity index (χ2v) is 25.9. The van der Waals surface area contributed by atoms with Crippen LogP contribution in [0.3, 0.4) is 0 Å². The van der Waals surface area contributed by atoms with Crippen LogP contribution in [0.15, 0.2) is 279 Å². The number of hydrogen-bond donors (Lipinski definition) is 0. The number of carbonyl (C=O) groups is 2. The molecule has 14 aromatic rings. The van der Waals surface area contributed by atoms with Crippen molar-refractivity contribution in [2.24, 2.45) is 0 Å². The molecule has 0 saturated carbocycles. The topological polar surface area (TPSA) is 104 Å². The predicted molar refractivity (Wildman–Crippen MR) is 368 cm³/mol. The molecule has 0 saturated heterocycles. The molecule has 4 unspecified atom stereocenters. The molecule has 4 aliphatic carbocycles. The molecular weight excluding hydrogens is 1140 g/mol. The highest BCUT2D eigenvalue weighted by Gasteiger charge is 2.61. The minimum absolute atomic E-state index is 0.111. The van der Waals surface area contributed by atoms with Crippen LogP contribution < -0.4 is 9.47 Å². The molecule has 93 heavy (non-hydrogen) atoms. The van der Waals surface area contributed by atoms with Gasteiger partial charge in [0.2, 0.25) is 0 Å². The molecule has 444 valence electrons. The van der Waals surface area contributed by atoms with Crippen molar-refractivity contribution in [2.45, 2.75) is 66.6 Å². The number of esters is 2. The van der Waals surface area contributed by atoms with Gasteiger partial charge in [-0.15, -0.1) is 0 Å². The van der Waals surface area contributed by atoms with Gasteiger partial charge >= 0.3 is 11.9 Å². The second-order valence-electron chi connectivity index (χ2n) is 25.9. The third kappa shape index (κ3) is 8.51. The number of rotatable bonds is 14. The summed E-state index contributed by atoms with van der Waals surface area (Å²) in [5.41, 5.74) is 16.9. The van der Waals surface area contributed by atoms with E-state index in [0.717, 1.165) is 133 Å². The Morgan fingerprint density at radius 1 is 0.269 bits per heavy atom. The van der Waals surface area contributed by atoms with Crippen molar-refractivity contribution >= 4 is 55.6 Å². The summed E-state index contributed by atoms with van der Waals surface area (Å²) < 4.78 is 12.6. The average Bonchev–Trinajstić information content (AvgIpc) is 1.48. The second kappa shape index (κ2) is 21.2. The third-order valence-electron chi connectivity index (χ3n) is 21.0. The number of para-hydroxylation sites is 6. The van der Waals surface area contributed by atoms with Crippen LogP contribution in [0.2, 0.25) is 0 Å². The van der Waals surface area contributed by atoms with Crippen LogP contribution in [0.1, 0.15) is 89.5 Å². The summed E-state index contributed by atoms with van der Waals surface area (Å²) in [6.45, 7) is 0. The minimum Gasteiger partial charge on any atom is -0.427 e. The first-order valence-corrected chi connectivity index (χ1v) is 32.3. The van der Waals surface area contributed by atoms with E-state index in [0.29, 0.717) is 43.6 Å². The van der Waals surface area contributed by atoms with Gasteiger partial charge in [0.1, 0.15) is 11.5 Å². The number of fused-ring (bicyclic) bond motifs is 16. The van der Waals surface area contributed by atoms with Gasteiger partial charge in [0.05, 0.1) is 44.8 Å². The summed E-state index contributed by atoms with van der Waals surface area (Å²) in [6, 6.07) is 97.8. The van der Waals surface area contributed by atoms with Crippen molar-refractivity contribution in [1.82, 2.24) is 19.9 Å². The number of carbonyl (C=O) groups excluding carboxylic acids is 2. The van der Waals surface area contributed by atoms with Crippen molar-refractivity contribution in [1.29, 1.82) is 0 Å². The molecule has 4 aliphatic rings. The largest absolute Gasteiger partial charge is 0.427 e. The summed E-state index contributed by atoms with van der Waals surface area (Å²) in [6.07, 6.45) is 2.55. The molecule has 4 atom stereocenters. The number of pyridine rings is 4.